The summed E-state index contributed by atoms with van der Waals surface area (Å²) in [5, 5.41) is 13.8. The van der Waals surface area contributed by atoms with Crippen LogP contribution in [-0.4, -0.2) is 25.0 Å². The predicted octanol–water partition coefficient (Wildman–Crippen LogP) is 1.15. The number of halogens is 1. The second kappa shape index (κ2) is 5.12. The second-order valence-corrected chi connectivity index (χ2v) is 5.38. The van der Waals surface area contributed by atoms with Crippen molar-refractivity contribution in [1.82, 2.24) is 25.0 Å². The van der Waals surface area contributed by atoms with Gasteiger partial charge in [-0.3, -0.25) is 9.89 Å². The van der Waals surface area contributed by atoms with Crippen LogP contribution in [0.1, 0.15) is 18.7 Å². The lowest BCUT2D eigenvalue weighted by atomic mass is 10.4. The van der Waals surface area contributed by atoms with Crippen molar-refractivity contribution in [1.29, 1.82) is 0 Å². The molecule has 100 valence electrons. The molecular weight excluding hydrogens is 312 g/mol. The van der Waals surface area contributed by atoms with Crippen LogP contribution in [0.4, 0.5) is 5.69 Å². The Kier molecular flexibility index (Phi) is 3.33. The van der Waals surface area contributed by atoms with Crippen molar-refractivity contribution in [3.63, 3.8) is 0 Å². The smallest absolute Gasteiger partial charge is 0.283 e. The van der Waals surface area contributed by atoms with Gasteiger partial charge in [0.2, 0.25) is 0 Å². The predicted molar refractivity (Wildman–Crippen MR) is 72.6 cm³/mol. The zero-order valence-electron chi connectivity index (χ0n) is 10.1. The molecule has 19 heavy (non-hydrogen) atoms. The summed E-state index contributed by atoms with van der Waals surface area (Å²) in [5.41, 5.74) is 0.558. The molecule has 0 spiro atoms. The molecule has 2 aromatic heterocycles. The fraction of sp³-hybridized carbons (Fsp3) is 0.455. The van der Waals surface area contributed by atoms with Gasteiger partial charge in [-0.1, -0.05) is 0 Å². The Morgan fingerprint density at radius 1 is 1.53 bits per heavy atom. The normalized spacial score (nSPS) is 14.6. The number of hydrogen-bond acceptors (Lipinski definition) is 5. The number of hydrogen-bond donors (Lipinski definition) is 2. The minimum atomic E-state index is -0.102. The van der Waals surface area contributed by atoms with Crippen molar-refractivity contribution in [2.45, 2.75) is 25.9 Å². The molecule has 0 unspecified atom stereocenters. The van der Waals surface area contributed by atoms with Gasteiger partial charge in [-0.15, -0.1) is 0 Å². The van der Waals surface area contributed by atoms with Crippen molar-refractivity contribution < 1.29 is 0 Å². The summed E-state index contributed by atoms with van der Waals surface area (Å²) in [6.45, 7) is 1.17. The number of rotatable bonds is 5. The Hall–Kier alpha value is -1.70. The standard InChI is InChI=1S/C11H13BrN6O/c12-10-8(13-4-9-14-6-15-17-9)3-16-18(11(10)19)5-7-1-2-7/h3,6-7,13H,1-2,4-5H2,(H,14,15,17). The maximum atomic E-state index is 12.1. The maximum absolute atomic E-state index is 12.1. The third-order valence-corrected chi connectivity index (χ3v) is 3.79. The quantitative estimate of drug-likeness (QED) is 0.861. The highest BCUT2D eigenvalue weighted by atomic mass is 79.9. The van der Waals surface area contributed by atoms with E-state index in [1.807, 2.05) is 0 Å². The molecular formula is C11H13BrN6O. The molecule has 3 rings (SSSR count). The number of nitrogens with zero attached hydrogens (tertiary/aromatic N) is 4. The minimum Gasteiger partial charge on any atom is -0.375 e. The molecule has 0 aromatic carbocycles. The molecule has 2 heterocycles. The van der Waals surface area contributed by atoms with Gasteiger partial charge >= 0.3 is 0 Å². The molecule has 0 radical (unpaired) electrons. The first kappa shape index (κ1) is 12.3. The van der Waals surface area contributed by atoms with Crippen LogP contribution >= 0.6 is 15.9 Å². The Labute approximate surface area is 117 Å². The lowest BCUT2D eigenvalue weighted by Crippen LogP contribution is -2.25. The van der Waals surface area contributed by atoms with E-state index < -0.39 is 0 Å². The topological polar surface area (TPSA) is 88.5 Å². The summed E-state index contributed by atoms with van der Waals surface area (Å²) in [6.07, 6.45) is 5.48. The number of H-pyrrole nitrogens is 1. The van der Waals surface area contributed by atoms with Crippen LogP contribution in [0.25, 0.3) is 0 Å². The van der Waals surface area contributed by atoms with E-state index in [1.54, 1.807) is 6.20 Å². The average Bonchev–Trinajstić information content (AvgIpc) is 3.07. The van der Waals surface area contributed by atoms with Gasteiger partial charge in [0, 0.05) is 6.54 Å². The van der Waals surface area contributed by atoms with Gasteiger partial charge in [-0.25, -0.2) is 9.67 Å². The first-order chi connectivity index (χ1) is 9.24. The van der Waals surface area contributed by atoms with Gasteiger partial charge in [0.1, 0.15) is 16.6 Å². The summed E-state index contributed by atoms with van der Waals surface area (Å²) in [6, 6.07) is 0. The van der Waals surface area contributed by atoms with Gasteiger partial charge < -0.3 is 5.32 Å². The second-order valence-electron chi connectivity index (χ2n) is 4.59. The number of aromatic nitrogens is 5. The van der Waals surface area contributed by atoms with E-state index in [0.29, 0.717) is 35.0 Å². The summed E-state index contributed by atoms with van der Waals surface area (Å²) in [5.74, 6) is 1.32. The molecule has 2 N–H and O–H groups in total. The molecule has 1 saturated carbocycles. The van der Waals surface area contributed by atoms with E-state index in [9.17, 15) is 4.79 Å². The van der Waals surface area contributed by atoms with Crippen LogP contribution in [0.15, 0.2) is 21.8 Å². The number of aromatic amines is 1. The fourth-order valence-corrected chi connectivity index (χ4v) is 2.21. The molecule has 7 nitrogen and oxygen atoms in total. The Morgan fingerprint density at radius 3 is 3.05 bits per heavy atom. The summed E-state index contributed by atoms with van der Waals surface area (Å²) in [7, 11) is 0. The molecule has 8 heteroatoms. The monoisotopic (exact) mass is 324 g/mol. The lowest BCUT2D eigenvalue weighted by Gasteiger charge is -2.09. The third kappa shape index (κ3) is 2.83. The van der Waals surface area contributed by atoms with Crippen LogP contribution in [0.3, 0.4) is 0 Å². The molecule has 0 amide bonds. The fourth-order valence-electron chi connectivity index (χ4n) is 1.76. The van der Waals surface area contributed by atoms with Gasteiger partial charge in [-0.2, -0.15) is 10.2 Å². The molecule has 0 saturated heterocycles. The molecule has 1 aliphatic rings. The van der Waals surface area contributed by atoms with Gasteiger partial charge in [-0.05, 0) is 34.7 Å². The Balaban J connectivity index is 1.74. The van der Waals surface area contributed by atoms with Crippen molar-refractivity contribution in [3.8, 4) is 0 Å². The third-order valence-electron chi connectivity index (χ3n) is 3.02. The summed E-state index contributed by atoms with van der Waals surface area (Å²) in [4.78, 5) is 16.1. The van der Waals surface area contributed by atoms with Crippen molar-refractivity contribution in [2.75, 3.05) is 5.32 Å². The lowest BCUT2D eigenvalue weighted by molar-refractivity contribution is 0.532. The summed E-state index contributed by atoms with van der Waals surface area (Å²) >= 11 is 3.32. The van der Waals surface area contributed by atoms with E-state index in [1.165, 1.54) is 23.9 Å². The van der Waals surface area contributed by atoms with Gasteiger partial charge in [0.15, 0.2) is 0 Å². The maximum Gasteiger partial charge on any atom is 0.283 e. The zero-order chi connectivity index (χ0) is 13.2. The first-order valence-electron chi connectivity index (χ1n) is 6.08. The van der Waals surface area contributed by atoms with E-state index in [-0.39, 0.29) is 5.56 Å². The van der Waals surface area contributed by atoms with E-state index in [0.717, 1.165) is 0 Å². The zero-order valence-corrected chi connectivity index (χ0v) is 11.7. The van der Waals surface area contributed by atoms with Gasteiger partial charge in [0.25, 0.3) is 5.56 Å². The van der Waals surface area contributed by atoms with E-state index in [2.05, 4.69) is 41.5 Å². The number of anilines is 1. The molecule has 0 aliphatic heterocycles. The first-order valence-corrected chi connectivity index (χ1v) is 6.87. The van der Waals surface area contributed by atoms with Crippen LogP contribution in [-0.2, 0) is 13.1 Å². The van der Waals surface area contributed by atoms with E-state index >= 15 is 0 Å². The highest BCUT2D eigenvalue weighted by Crippen LogP contribution is 2.30. The molecule has 0 atom stereocenters. The van der Waals surface area contributed by atoms with Crippen LogP contribution in [0.2, 0.25) is 0 Å². The van der Waals surface area contributed by atoms with Crippen LogP contribution < -0.4 is 10.9 Å². The minimum absolute atomic E-state index is 0.102. The average molecular weight is 325 g/mol. The van der Waals surface area contributed by atoms with Gasteiger partial charge in [0.05, 0.1) is 18.4 Å². The van der Waals surface area contributed by atoms with Crippen molar-refractivity contribution in [3.05, 3.63) is 33.2 Å². The van der Waals surface area contributed by atoms with Crippen molar-refractivity contribution >= 4 is 21.6 Å². The molecule has 2 aromatic rings. The largest absolute Gasteiger partial charge is 0.375 e. The highest BCUT2D eigenvalue weighted by Gasteiger charge is 2.23. The highest BCUT2D eigenvalue weighted by molar-refractivity contribution is 9.10. The summed E-state index contributed by atoms with van der Waals surface area (Å²) < 4.78 is 2.02. The molecule has 1 aliphatic carbocycles. The van der Waals surface area contributed by atoms with Crippen LogP contribution in [0, 0.1) is 5.92 Å². The molecule has 0 bridgehead atoms. The number of nitrogens with one attached hydrogen (secondary N) is 2. The Bertz CT molecular complexity index is 619. The Morgan fingerprint density at radius 2 is 2.37 bits per heavy atom. The molecule has 1 fully saturated rings. The SMILES string of the molecule is O=c1c(Br)c(NCc2ncn[nH]2)cnn1CC1CC1. The van der Waals surface area contributed by atoms with Crippen LogP contribution in [0.5, 0.6) is 0 Å². The van der Waals surface area contributed by atoms with Crippen molar-refractivity contribution in [2.24, 2.45) is 5.92 Å². The van der Waals surface area contributed by atoms with E-state index in [4.69, 9.17) is 0 Å².